The van der Waals surface area contributed by atoms with Gasteiger partial charge in [-0.25, -0.2) is 0 Å². The lowest BCUT2D eigenvalue weighted by Gasteiger charge is -2.36. The number of hydrogen-bond donors (Lipinski definition) is 0. The lowest BCUT2D eigenvalue weighted by atomic mass is 9.79. The summed E-state index contributed by atoms with van der Waals surface area (Å²) in [5, 5.41) is 0. The zero-order valence-corrected chi connectivity index (χ0v) is 38.5. The number of rotatable bonds is 26. The molecule has 65 heavy (non-hydrogen) atoms. The van der Waals surface area contributed by atoms with E-state index >= 15 is 0 Å². The molecular weight excluding hydrogens is 860 g/mol. The number of carbonyl (C=O) groups excluding carboxylic acids is 7. The summed E-state index contributed by atoms with van der Waals surface area (Å²) < 4.78 is 70.6. The molecule has 0 radical (unpaired) electrons. The van der Waals surface area contributed by atoms with Crippen molar-refractivity contribution >= 4 is 41.8 Å². The van der Waals surface area contributed by atoms with Gasteiger partial charge in [0.1, 0.15) is 26.6 Å². The van der Waals surface area contributed by atoms with Crippen LogP contribution in [0, 0.1) is 46.8 Å². The van der Waals surface area contributed by atoms with E-state index in [0.29, 0.717) is 103 Å². The second kappa shape index (κ2) is 28.9. The minimum absolute atomic E-state index is 0.163. The van der Waals surface area contributed by atoms with Crippen molar-refractivity contribution in [3.05, 3.63) is 0 Å². The van der Waals surface area contributed by atoms with E-state index in [4.69, 9.17) is 61.6 Å². The van der Waals surface area contributed by atoms with Crippen LogP contribution in [-0.4, -0.2) is 137 Å². The van der Waals surface area contributed by atoms with Crippen LogP contribution >= 0.6 is 0 Å². The predicted molar refractivity (Wildman–Crippen MR) is 221 cm³/mol. The maximum atomic E-state index is 14.0. The molecule has 0 heterocycles. The van der Waals surface area contributed by atoms with Crippen LogP contribution < -0.4 is 0 Å². The third-order valence-corrected chi connectivity index (χ3v) is 12.7. The van der Waals surface area contributed by atoms with Crippen molar-refractivity contribution in [1.82, 2.24) is 0 Å². The Bertz CT molecular complexity index is 1380. The third-order valence-electron chi connectivity index (χ3n) is 12.7. The lowest BCUT2D eigenvalue weighted by molar-refractivity contribution is -0.189. The molecule has 0 spiro atoms. The Kier molecular flexibility index (Phi) is 23.9. The highest BCUT2D eigenvalue weighted by atomic mass is 16.7. The van der Waals surface area contributed by atoms with Crippen molar-refractivity contribution in [1.29, 1.82) is 0 Å². The Balaban J connectivity index is 1.60. The molecule has 4 aliphatic rings. The number of methoxy groups -OCH3 is 4. The second-order valence-corrected chi connectivity index (χ2v) is 17.4. The summed E-state index contributed by atoms with van der Waals surface area (Å²) in [7, 11) is 5.55. The summed E-state index contributed by atoms with van der Waals surface area (Å²) in [6.07, 6.45) is 8.24. The first-order chi connectivity index (χ1) is 31.5. The van der Waals surface area contributed by atoms with Crippen molar-refractivity contribution in [3.8, 4) is 0 Å². The Morgan fingerprint density at radius 2 is 0.692 bits per heavy atom. The predicted octanol–water partition coefficient (Wildman–Crippen LogP) is 4.16. The maximum Gasteiger partial charge on any atom is 0.311 e. The Morgan fingerprint density at radius 3 is 1.03 bits per heavy atom. The largest absolute Gasteiger partial charge is 0.464 e. The molecule has 0 aromatic rings. The second-order valence-electron chi connectivity index (χ2n) is 17.4. The maximum absolute atomic E-state index is 14.0. The van der Waals surface area contributed by atoms with Gasteiger partial charge in [0.25, 0.3) is 0 Å². The van der Waals surface area contributed by atoms with Crippen LogP contribution in [0.1, 0.15) is 103 Å². The molecule has 4 aliphatic carbocycles. The zero-order valence-electron chi connectivity index (χ0n) is 38.5. The van der Waals surface area contributed by atoms with E-state index in [2.05, 4.69) is 0 Å². The molecule has 8 unspecified atom stereocenters. The molecule has 20 nitrogen and oxygen atoms in total. The third kappa shape index (κ3) is 17.0. The molecule has 20 heteroatoms. The summed E-state index contributed by atoms with van der Waals surface area (Å²) >= 11 is 0. The van der Waals surface area contributed by atoms with Crippen molar-refractivity contribution < 1.29 is 95.1 Å². The van der Waals surface area contributed by atoms with E-state index in [9.17, 15) is 33.6 Å². The number of carbonyl (C=O) groups is 7. The van der Waals surface area contributed by atoms with Gasteiger partial charge in [0, 0.05) is 28.4 Å². The number of hydrogen-bond acceptors (Lipinski definition) is 20. The van der Waals surface area contributed by atoms with Crippen molar-refractivity contribution in [3.63, 3.8) is 0 Å². The highest BCUT2D eigenvalue weighted by Gasteiger charge is 2.45. The van der Waals surface area contributed by atoms with Gasteiger partial charge in [-0.3, -0.25) is 33.6 Å². The SMILES string of the molecule is COCOC(=O)C1CCCC(OCOCC(COC(=O)C2CCCCC2C(=O)OCOC)(COC(=O)C2CCCCC2C(=O)OCOC)COC(=O)C2CCCCC2C(=O)OCOC)C1. The molecule has 0 bridgehead atoms. The molecule has 0 amide bonds. The van der Waals surface area contributed by atoms with E-state index in [1.807, 2.05) is 0 Å². The van der Waals surface area contributed by atoms with E-state index in [-0.39, 0.29) is 46.7 Å². The minimum atomic E-state index is -1.58. The van der Waals surface area contributed by atoms with Gasteiger partial charge in [-0.2, -0.15) is 0 Å². The molecule has 4 rings (SSSR count). The van der Waals surface area contributed by atoms with Gasteiger partial charge in [0.05, 0.1) is 59.6 Å². The number of ether oxygens (including phenoxy) is 13. The normalized spacial score (nSPS) is 26.6. The summed E-state index contributed by atoms with van der Waals surface area (Å²) in [5.74, 6) is -9.71. The monoisotopic (exact) mass is 930 g/mol. The van der Waals surface area contributed by atoms with Crippen molar-refractivity contribution in [2.75, 3.05) is 88.8 Å². The smallest absolute Gasteiger partial charge is 0.311 e. The summed E-state index contributed by atoms with van der Waals surface area (Å²) in [6, 6.07) is 0. The topological polar surface area (TPSA) is 239 Å². The molecule has 0 N–H and O–H groups in total. The van der Waals surface area contributed by atoms with Gasteiger partial charge in [0.2, 0.25) is 0 Å². The van der Waals surface area contributed by atoms with Crippen LogP contribution in [0.25, 0.3) is 0 Å². The first-order valence-electron chi connectivity index (χ1n) is 22.8. The van der Waals surface area contributed by atoms with Gasteiger partial charge in [0.15, 0.2) is 27.2 Å². The standard InChI is InChI=1S/C45H70O20/c1-53-25-62-38(46)30-12-11-13-31(20-30)61-29-57-21-45(22-58-39(47)32-14-5-8-17-35(32)42(50)63-26-54-2,23-59-40(48)33-15-6-9-18-36(33)43(51)64-27-55-3)24-60-41(49)34-16-7-10-19-37(34)44(52)65-28-56-4/h30-37H,5-29H2,1-4H3. The van der Waals surface area contributed by atoms with E-state index in [1.165, 1.54) is 28.4 Å². The molecule has 0 aromatic carbocycles. The molecule has 0 aromatic heterocycles. The fourth-order valence-electron chi connectivity index (χ4n) is 9.15. The summed E-state index contributed by atoms with van der Waals surface area (Å²) in [6.45, 7) is -3.18. The fourth-order valence-corrected chi connectivity index (χ4v) is 9.15. The summed E-state index contributed by atoms with van der Waals surface area (Å²) in [5.41, 5.74) is -1.58. The molecule has 0 aliphatic heterocycles. The molecular formula is C45H70O20. The van der Waals surface area contributed by atoms with Crippen LogP contribution in [0.5, 0.6) is 0 Å². The minimum Gasteiger partial charge on any atom is -0.464 e. The van der Waals surface area contributed by atoms with Crippen LogP contribution in [-0.2, 0) is 95.1 Å². The van der Waals surface area contributed by atoms with Crippen LogP contribution in [0.4, 0.5) is 0 Å². The first-order valence-corrected chi connectivity index (χ1v) is 22.8. The Morgan fingerprint density at radius 1 is 0.369 bits per heavy atom. The molecule has 370 valence electrons. The van der Waals surface area contributed by atoms with Crippen molar-refractivity contribution in [2.45, 2.75) is 109 Å². The Labute approximate surface area is 380 Å². The summed E-state index contributed by atoms with van der Waals surface area (Å²) in [4.78, 5) is 93.7. The van der Waals surface area contributed by atoms with Gasteiger partial charge < -0.3 is 61.6 Å². The fraction of sp³-hybridized carbons (Fsp3) is 0.844. The van der Waals surface area contributed by atoms with Gasteiger partial charge in [-0.15, -0.1) is 0 Å². The van der Waals surface area contributed by atoms with Crippen LogP contribution in [0.2, 0.25) is 0 Å². The average molecular weight is 931 g/mol. The molecule has 4 saturated carbocycles. The first kappa shape index (κ1) is 53.7. The van der Waals surface area contributed by atoms with E-state index < -0.39 is 108 Å². The highest BCUT2D eigenvalue weighted by Crippen LogP contribution is 2.37. The average Bonchev–Trinajstić information content (AvgIpc) is 3.34. The van der Waals surface area contributed by atoms with Gasteiger partial charge >= 0.3 is 41.8 Å². The van der Waals surface area contributed by atoms with E-state index in [0.717, 1.165) is 0 Å². The van der Waals surface area contributed by atoms with Crippen LogP contribution in [0.15, 0.2) is 0 Å². The van der Waals surface area contributed by atoms with Crippen molar-refractivity contribution in [2.24, 2.45) is 46.8 Å². The number of esters is 7. The molecule has 0 saturated heterocycles. The van der Waals surface area contributed by atoms with Gasteiger partial charge in [-0.05, 0) is 57.8 Å². The Hall–Kier alpha value is -3.95. The van der Waals surface area contributed by atoms with Crippen LogP contribution in [0.3, 0.4) is 0 Å². The quantitative estimate of drug-likeness (QED) is 0.0512. The lowest BCUT2D eigenvalue weighted by Crippen LogP contribution is -2.46. The zero-order chi connectivity index (χ0) is 47.0. The highest BCUT2D eigenvalue weighted by molar-refractivity contribution is 5.84. The molecule has 4 fully saturated rings. The molecule has 8 atom stereocenters. The van der Waals surface area contributed by atoms with Gasteiger partial charge in [-0.1, -0.05) is 44.9 Å². The van der Waals surface area contributed by atoms with E-state index in [1.54, 1.807) is 0 Å².